The lowest BCUT2D eigenvalue weighted by molar-refractivity contribution is 0.0913. The SMILES string of the molecule is CC1CNCCC1NC(=O)c1ccccc1I.Cl. The molecule has 5 heteroatoms. The number of piperidine rings is 1. The molecule has 1 aliphatic rings. The van der Waals surface area contributed by atoms with Crippen LogP contribution in [0.5, 0.6) is 0 Å². The van der Waals surface area contributed by atoms with Crippen molar-refractivity contribution in [3.8, 4) is 0 Å². The van der Waals surface area contributed by atoms with Crippen LogP contribution >= 0.6 is 35.0 Å². The largest absolute Gasteiger partial charge is 0.349 e. The second-order valence-electron chi connectivity index (χ2n) is 4.53. The molecule has 2 atom stereocenters. The summed E-state index contributed by atoms with van der Waals surface area (Å²) in [5, 5.41) is 6.48. The lowest BCUT2D eigenvalue weighted by Crippen LogP contribution is -2.48. The highest BCUT2D eigenvalue weighted by Crippen LogP contribution is 2.14. The van der Waals surface area contributed by atoms with Crippen LogP contribution in [0.4, 0.5) is 0 Å². The van der Waals surface area contributed by atoms with Crippen LogP contribution in [-0.4, -0.2) is 25.0 Å². The summed E-state index contributed by atoms with van der Waals surface area (Å²) in [5.74, 6) is 0.544. The highest BCUT2D eigenvalue weighted by Gasteiger charge is 2.23. The van der Waals surface area contributed by atoms with Crippen molar-refractivity contribution in [1.82, 2.24) is 10.6 Å². The van der Waals surface area contributed by atoms with E-state index in [1.165, 1.54) is 0 Å². The Hall–Kier alpha value is -0.330. The molecule has 1 fully saturated rings. The van der Waals surface area contributed by atoms with Crippen LogP contribution in [0.25, 0.3) is 0 Å². The van der Waals surface area contributed by atoms with E-state index in [1.807, 2.05) is 24.3 Å². The van der Waals surface area contributed by atoms with Crippen LogP contribution in [0.15, 0.2) is 24.3 Å². The molecule has 0 aliphatic carbocycles. The molecule has 1 amide bonds. The Bertz CT molecular complexity index is 414. The minimum absolute atomic E-state index is 0. The van der Waals surface area contributed by atoms with Crippen LogP contribution in [-0.2, 0) is 0 Å². The van der Waals surface area contributed by atoms with E-state index in [2.05, 4.69) is 40.1 Å². The maximum absolute atomic E-state index is 12.1. The lowest BCUT2D eigenvalue weighted by Gasteiger charge is -2.30. The van der Waals surface area contributed by atoms with E-state index >= 15 is 0 Å². The van der Waals surface area contributed by atoms with E-state index in [0.717, 1.165) is 28.6 Å². The van der Waals surface area contributed by atoms with E-state index in [1.54, 1.807) is 0 Å². The van der Waals surface area contributed by atoms with Gasteiger partial charge < -0.3 is 10.6 Å². The second-order valence-corrected chi connectivity index (χ2v) is 5.69. The summed E-state index contributed by atoms with van der Waals surface area (Å²) in [6.45, 7) is 4.14. The van der Waals surface area contributed by atoms with E-state index in [9.17, 15) is 4.79 Å². The molecule has 100 valence electrons. The number of halogens is 2. The van der Waals surface area contributed by atoms with Crippen molar-refractivity contribution < 1.29 is 4.79 Å². The Balaban J connectivity index is 0.00000162. The van der Waals surface area contributed by atoms with Crippen LogP contribution in [0.3, 0.4) is 0 Å². The zero-order valence-corrected chi connectivity index (χ0v) is 13.3. The predicted octanol–water partition coefficient (Wildman–Crippen LogP) is 2.44. The van der Waals surface area contributed by atoms with Gasteiger partial charge in [0.1, 0.15) is 0 Å². The molecule has 0 saturated carbocycles. The van der Waals surface area contributed by atoms with Crippen molar-refractivity contribution in [2.24, 2.45) is 5.92 Å². The van der Waals surface area contributed by atoms with Gasteiger partial charge in [0.25, 0.3) is 5.91 Å². The summed E-state index contributed by atoms with van der Waals surface area (Å²) in [7, 11) is 0. The minimum atomic E-state index is 0. The number of carbonyl (C=O) groups is 1. The third-order valence-electron chi connectivity index (χ3n) is 3.22. The first-order valence-corrected chi connectivity index (χ1v) is 7.02. The lowest BCUT2D eigenvalue weighted by atomic mass is 9.95. The molecule has 1 aromatic rings. The summed E-state index contributed by atoms with van der Waals surface area (Å²) in [6, 6.07) is 7.98. The van der Waals surface area contributed by atoms with E-state index in [0.29, 0.717) is 12.0 Å². The van der Waals surface area contributed by atoms with Crippen molar-refractivity contribution >= 4 is 40.9 Å². The van der Waals surface area contributed by atoms with Gasteiger partial charge in [-0.1, -0.05) is 19.1 Å². The number of rotatable bonds is 2. The van der Waals surface area contributed by atoms with Gasteiger partial charge in [-0.15, -0.1) is 12.4 Å². The van der Waals surface area contributed by atoms with Crippen LogP contribution in [0, 0.1) is 9.49 Å². The van der Waals surface area contributed by atoms with Gasteiger partial charge in [-0.3, -0.25) is 4.79 Å². The highest BCUT2D eigenvalue weighted by molar-refractivity contribution is 14.1. The molecule has 1 aliphatic heterocycles. The molecule has 0 spiro atoms. The fourth-order valence-corrected chi connectivity index (χ4v) is 2.75. The Morgan fingerprint density at radius 1 is 1.44 bits per heavy atom. The number of nitrogens with one attached hydrogen (secondary N) is 2. The third kappa shape index (κ3) is 3.83. The number of hydrogen-bond donors (Lipinski definition) is 2. The topological polar surface area (TPSA) is 41.1 Å². The summed E-state index contributed by atoms with van der Waals surface area (Å²) >= 11 is 2.20. The maximum atomic E-state index is 12.1. The first-order chi connectivity index (χ1) is 8.18. The Morgan fingerprint density at radius 3 is 2.83 bits per heavy atom. The van der Waals surface area contributed by atoms with Gasteiger partial charge in [-0.05, 0) is 60.2 Å². The fourth-order valence-electron chi connectivity index (χ4n) is 2.12. The normalized spacial score (nSPS) is 23.0. The third-order valence-corrected chi connectivity index (χ3v) is 4.16. The number of benzene rings is 1. The summed E-state index contributed by atoms with van der Waals surface area (Å²) in [5.41, 5.74) is 0.777. The van der Waals surface area contributed by atoms with Crippen molar-refractivity contribution in [3.05, 3.63) is 33.4 Å². The quantitative estimate of drug-likeness (QED) is 0.774. The van der Waals surface area contributed by atoms with Crippen molar-refractivity contribution in [2.45, 2.75) is 19.4 Å². The number of amides is 1. The minimum Gasteiger partial charge on any atom is -0.349 e. The summed E-state index contributed by atoms with van der Waals surface area (Å²) in [4.78, 5) is 12.1. The molecule has 1 saturated heterocycles. The summed E-state index contributed by atoms with van der Waals surface area (Å²) < 4.78 is 1.00. The van der Waals surface area contributed by atoms with Gasteiger partial charge in [-0.25, -0.2) is 0 Å². The molecular weight excluding hydrogens is 363 g/mol. The van der Waals surface area contributed by atoms with Gasteiger partial charge in [0, 0.05) is 9.61 Å². The average molecular weight is 381 g/mol. The molecule has 1 heterocycles. The second kappa shape index (κ2) is 7.31. The zero-order valence-electron chi connectivity index (χ0n) is 10.3. The van der Waals surface area contributed by atoms with Crippen LogP contribution in [0.2, 0.25) is 0 Å². The van der Waals surface area contributed by atoms with Gasteiger partial charge in [0.2, 0.25) is 0 Å². The molecular formula is C13H18ClIN2O. The smallest absolute Gasteiger partial charge is 0.252 e. The zero-order chi connectivity index (χ0) is 12.3. The molecule has 2 unspecified atom stereocenters. The van der Waals surface area contributed by atoms with Crippen LogP contribution in [0.1, 0.15) is 23.7 Å². The average Bonchev–Trinajstić information content (AvgIpc) is 2.32. The Kier molecular flexibility index (Phi) is 6.38. The van der Waals surface area contributed by atoms with Gasteiger partial charge >= 0.3 is 0 Å². The molecule has 0 bridgehead atoms. The predicted molar refractivity (Wildman–Crippen MR) is 84.3 cm³/mol. The summed E-state index contributed by atoms with van der Waals surface area (Å²) in [6.07, 6.45) is 1.01. The molecule has 2 N–H and O–H groups in total. The molecule has 3 nitrogen and oxygen atoms in total. The van der Waals surface area contributed by atoms with Crippen molar-refractivity contribution in [1.29, 1.82) is 0 Å². The van der Waals surface area contributed by atoms with Gasteiger partial charge in [0.05, 0.1) is 5.56 Å². The monoisotopic (exact) mass is 380 g/mol. The highest BCUT2D eigenvalue weighted by atomic mass is 127. The first-order valence-electron chi connectivity index (χ1n) is 5.94. The van der Waals surface area contributed by atoms with Crippen molar-refractivity contribution in [2.75, 3.05) is 13.1 Å². The molecule has 18 heavy (non-hydrogen) atoms. The van der Waals surface area contributed by atoms with Gasteiger partial charge in [-0.2, -0.15) is 0 Å². The first kappa shape index (κ1) is 15.7. The molecule has 2 rings (SSSR count). The number of carbonyl (C=O) groups excluding carboxylic acids is 1. The fraction of sp³-hybridized carbons (Fsp3) is 0.462. The number of hydrogen-bond acceptors (Lipinski definition) is 2. The van der Waals surface area contributed by atoms with Crippen molar-refractivity contribution in [3.63, 3.8) is 0 Å². The van der Waals surface area contributed by atoms with E-state index in [4.69, 9.17) is 0 Å². The Labute approximate surface area is 128 Å². The van der Waals surface area contributed by atoms with E-state index in [-0.39, 0.29) is 18.3 Å². The van der Waals surface area contributed by atoms with Gasteiger partial charge in [0.15, 0.2) is 0 Å². The standard InChI is InChI=1S/C13H17IN2O.ClH/c1-9-8-15-7-6-12(9)16-13(17)10-4-2-3-5-11(10)14;/h2-5,9,12,15H,6-8H2,1H3,(H,16,17);1H. The maximum Gasteiger partial charge on any atom is 0.252 e. The Morgan fingerprint density at radius 2 is 2.17 bits per heavy atom. The molecule has 0 radical (unpaired) electrons. The molecule has 1 aromatic carbocycles. The van der Waals surface area contributed by atoms with Crippen LogP contribution < -0.4 is 10.6 Å². The van der Waals surface area contributed by atoms with E-state index < -0.39 is 0 Å². The molecule has 0 aromatic heterocycles.